The fourth-order valence-corrected chi connectivity index (χ4v) is 6.40. The largest absolute Gasteiger partial charge is 0.274 e. The summed E-state index contributed by atoms with van der Waals surface area (Å²) in [7, 11) is 0. The molecule has 0 N–H and O–H groups in total. The van der Waals surface area contributed by atoms with Gasteiger partial charge in [-0.05, 0) is 41.3 Å². The number of nitro benzene ring substituents is 1. The first-order valence-corrected chi connectivity index (χ1v) is 12.2. The van der Waals surface area contributed by atoms with E-state index in [-0.39, 0.29) is 17.5 Å². The Morgan fingerprint density at radius 1 is 0.784 bits per heavy atom. The minimum atomic E-state index is -1.28. The molecule has 0 bridgehead atoms. The fraction of sp³-hybridized carbons (Fsp3) is 0.133. The van der Waals surface area contributed by atoms with Gasteiger partial charge in [-0.15, -0.1) is 0 Å². The fourth-order valence-electron chi connectivity index (χ4n) is 6.23. The number of halogens is 1. The molecule has 1 saturated heterocycles. The lowest BCUT2D eigenvalue weighted by atomic mass is 9.76. The summed E-state index contributed by atoms with van der Waals surface area (Å²) < 4.78 is 0. The van der Waals surface area contributed by atoms with Crippen molar-refractivity contribution in [3.05, 3.63) is 141 Å². The predicted octanol–water partition coefficient (Wildman–Crippen LogP) is 5.98. The molecule has 0 radical (unpaired) electrons. The molecule has 0 aromatic heterocycles. The summed E-state index contributed by atoms with van der Waals surface area (Å²) in [4.78, 5) is 40.9. The second kappa shape index (κ2) is 8.11. The number of carbonyl (C=O) groups excluding carboxylic acids is 2. The number of benzene rings is 4. The minimum absolute atomic E-state index is 0.0821. The second-order valence-electron chi connectivity index (χ2n) is 9.50. The van der Waals surface area contributed by atoms with E-state index in [2.05, 4.69) is 0 Å². The van der Waals surface area contributed by atoms with E-state index < -0.39 is 21.7 Å². The van der Waals surface area contributed by atoms with Gasteiger partial charge in [0.25, 0.3) is 5.69 Å². The summed E-state index contributed by atoms with van der Waals surface area (Å²) in [6, 6.07) is 30.2. The summed E-state index contributed by atoms with van der Waals surface area (Å²) in [5.41, 5.74) is 1.16. The standard InChI is InChI=1S/C30H21ClN2O4/c1-19-12-15-24(18-25(19)31)32-27(34)26-29(20-8-4-2-5-9-20,21-10-6-3-7-11-21)30(26,28(32)35)22-13-16-23(17-14-22)33(36)37/h2-18,26H,1H3. The van der Waals surface area contributed by atoms with E-state index in [1.165, 1.54) is 17.0 Å². The smallest absolute Gasteiger partial charge is 0.269 e. The average Bonchev–Trinajstić information content (AvgIpc) is 3.51. The maximum absolute atomic E-state index is 14.6. The van der Waals surface area contributed by atoms with Crippen molar-refractivity contribution in [3.8, 4) is 0 Å². The Balaban J connectivity index is 1.63. The number of anilines is 1. The Labute approximate surface area is 218 Å². The lowest BCUT2D eigenvalue weighted by Gasteiger charge is -2.31. The molecule has 2 fully saturated rings. The van der Waals surface area contributed by atoms with Crippen molar-refractivity contribution >= 4 is 34.8 Å². The number of aryl methyl sites for hydroxylation is 1. The number of hydrogen-bond donors (Lipinski definition) is 0. The number of amides is 2. The highest BCUT2D eigenvalue weighted by Crippen LogP contribution is 2.77. The molecule has 1 saturated carbocycles. The number of fused-ring (bicyclic) bond motifs is 1. The highest BCUT2D eigenvalue weighted by Gasteiger charge is 2.89. The van der Waals surface area contributed by atoms with E-state index in [0.29, 0.717) is 16.3 Å². The van der Waals surface area contributed by atoms with Gasteiger partial charge in [0.15, 0.2) is 0 Å². The number of nitrogens with zero attached hydrogens (tertiary/aromatic N) is 2. The topological polar surface area (TPSA) is 80.5 Å². The van der Waals surface area contributed by atoms with E-state index in [4.69, 9.17) is 11.6 Å². The third-order valence-electron chi connectivity index (χ3n) is 7.82. The first kappa shape index (κ1) is 23.1. The minimum Gasteiger partial charge on any atom is -0.274 e. The highest BCUT2D eigenvalue weighted by molar-refractivity contribution is 6.34. The average molecular weight is 509 g/mol. The van der Waals surface area contributed by atoms with E-state index >= 15 is 0 Å². The number of rotatable bonds is 5. The van der Waals surface area contributed by atoms with Gasteiger partial charge in [0.2, 0.25) is 11.8 Å². The zero-order chi connectivity index (χ0) is 25.9. The van der Waals surface area contributed by atoms with E-state index in [1.54, 1.807) is 30.3 Å². The second-order valence-corrected chi connectivity index (χ2v) is 9.90. The molecular weight excluding hydrogens is 488 g/mol. The summed E-state index contributed by atoms with van der Waals surface area (Å²) >= 11 is 6.37. The Hall–Kier alpha value is -4.29. The van der Waals surface area contributed by atoms with Gasteiger partial charge >= 0.3 is 0 Å². The van der Waals surface area contributed by atoms with Crippen LogP contribution in [0.1, 0.15) is 22.3 Å². The predicted molar refractivity (Wildman–Crippen MR) is 141 cm³/mol. The molecule has 2 aliphatic rings. The maximum Gasteiger partial charge on any atom is 0.269 e. The molecule has 1 aliphatic carbocycles. The number of imide groups is 1. The van der Waals surface area contributed by atoms with Gasteiger partial charge in [-0.3, -0.25) is 19.7 Å². The summed E-state index contributed by atoms with van der Waals surface area (Å²) in [6.45, 7) is 1.85. The molecule has 6 rings (SSSR count). The van der Waals surface area contributed by atoms with Crippen molar-refractivity contribution in [2.45, 2.75) is 17.8 Å². The van der Waals surface area contributed by atoms with Crippen LogP contribution < -0.4 is 4.90 Å². The van der Waals surface area contributed by atoms with Crippen LogP contribution in [0.3, 0.4) is 0 Å². The van der Waals surface area contributed by atoms with Crippen LogP contribution in [0.25, 0.3) is 0 Å². The summed E-state index contributed by atoms with van der Waals surface area (Å²) in [5.74, 6) is -1.43. The van der Waals surface area contributed by atoms with Gasteiger partial charge in [0.05, 0.1) is 21.9 Å². The zero-order valence-corrected chi connectivity index (χ0v) is 20.6. The molecule has 6 nitrogen and oxygen atoms in total. The van der Waals surface area contributed by atoms with Crippen molar-refractivity contribution < 1.29 is 14.5 Å². The highest BCUT2D eigenvalue weighted by atomic mass is 35.5. The van der Waals surface area contributed by atoms with Crippen molar-refractivity contribution in [2.75, 3.05) is 4.90 Å². The lowest BCUT2D eigenvalue weighted by Crippen LogP contribution is -2.44. The van der Waals surface area contributed by atoms with Crippen LogP contribution in [0.5, 0.6) is 0 Å². The van der Waals surface area contributed by atoms with Gasteiger partial charge in [-0.25, -0.2) is 4.90 Å². The molecule has 4 aromatic rings. The molecule has 1 aliphatic heterocycles. The van der Waals surface area contributed by atoms with Gasteiger partial charge in [-0.1, -0.05) is 90.5 Å². The van der Waals surface area contributed by atoms with Crippen molar-refractivity contribution in [1.29, 1.82) is 0 Å². The molecule has 7 heteroatoms. The number of non-ortho nitro benzene ring substituents is 1. The van der Waals surface area contributed by atoms with Gasteiger partial charge in [0.1, 0.15) is 5.41 Å². The molecule has 4 aromatic carbocycles. The van der Waals surface area contributed by atoms with Crippen LogP contribution in [0.15, 0.2) is 103 Å². The Bertz CT molecular complexity index is 1530. The molecule has 2 atom stereocenters. The normalized spacial score (nSPS) is 21.6. The molecule has 37 heavy (non-hydrogen) atoms. The molecular formula is C30H21ClN2O4. The quantitative estimate of drug-likeness (QED) is 0.188. The van der Waals surface area contributed by atoms with Crippen LogP contribution >= 0.6 is 11.6 Å². The van der Waals surface area contributed by atoms with Crippen LogP contribution in [-0.2, 0) is 20.4 Å². The number of nitro groups is 1. The Kier molecular flexibility index (Phi) is 5.07. The van der Waals surface area contributed by atoms with Gasteiger partial charge in [-0.2, -0.15) is 0 Å². The van der Waals surface area contributed by atoms with Crippen molar-refractivity contribution in [3.63, 3.8) is 0 Å². The van der Waals surface area contributed by atoms with Crippen LogP contribution in [0.4, 0.5) is 11.4 Å². The number of carbonyl (C=O) groups is 2. The van der Waals surface area contributed by atoms with E-state index in [9.17, 15) is 19.7 Å². The molecule has 0 spiro atoms. The molecule has 2 unspecified atom stereocenters. The van der Waals surface area contributed by atoms with Crippen LogP contribution in [0, 0.1) is 23.0 Å². The number of hydrogen-bond acceptors (Lipinski definition) is 4. The van der Waals surface area contributed by atoms with Crippen LogP contribution in [-0.4, -0.2) is 16.7 Å². The van der Waals surface area contributed by atoms with Crippen LogP contribution in [0.2, 0.25) is 5.02 Å². The summed E-state index contributed by atoms with van der Waals surface area (Å²) in [6.07, 6.45) is 0. The Morgan fingerprint density at radius 2 is 1.32 bits per heavy atom. The van der Waals surface area contributed by atoms with Crippen molar-refractivity contribution in [1.82, 2.24) is 0 Å². The molecule has 182 valence electrons. The molecule has 2 amide bonds. The Morgan fingerprint density at radius 3 is 1.84 bits per heavy atom. The first-order chi connectivity index (χ1) is 17.8. The monoisotopic (exact) mass is 508 g/mol. The molecule has 1 heterocycles. The third-order valence-corrected chi connectivity index (χ3v) is 8.23. The SMILES string of the molecule is Cc1ccc(N2C(=O)C3C(c4ccc([N+](=O)[O-])cc4)(C2=O)C3(c2ccccc2)c2ccccc2)cc1Cl. The zero-order valence-electron chi connectivity index (χ0n) is 19.8. The number of piperidine rings is 1. The first-order valence-electron chi connectivity index (χ1n) is 11.9. The third kappa shape index (κ3) is 2.93. The van der Waals surface area contributed by atoms with Gasteiger partial charge in [0, 0.05) is 17.2 Å². The maximum atomic E-state index is 14.6. The van der Waals surface area contributed by atoms with Gasteiger partial charge < -0.3 is 0 Å². The van der Waals surface area contributed by atoms with Crippen molar-refractivity contribution in [2.24, 2.45) is 5.92 Å². The van der Waals surface area contributed by atoms with E-state index in [1.807, 2.05) is 67.6 Å². The summed E-state index contributed by atoms with van der Waals surface area (Å²) in [5, 5.41) is 11.8. The lowest BCUT2D eigenvalue weighted by molar-refractivity contribution is -0.384. The van der Waals surface area contributed by atoms with E-state index in [0.717, 1.165) is 16.7 Å².